The Hall–Kier alpha value is -1.49. The zero-order valence-electron chi connectivity index (χ0n) is 12.3. The topological polar surface area (TPSA) is 37.8 Å². The molecule has 0 unspecified atom stereocenters. The number of hydrogen-bond donors (Lipinski definition) is 1. The Morgan fingerprint density at radius 3 is 2.62 bits per heavy atom. The Balaban J connectivity index is 2.43. The maximum atomic E-state index is 13.2. The van der Waals surface area contributed by atoms with Gasteiger partial charge in [0.15, 0.2) is 5.82 Å². The normalized spacial score (nSPS) is 10.7. The summed E-state index contributed by atoms with van der Waals surface area (Å²) in [5.74, 6) is 1.16. The van der Waals surface area contributed by atoms with Crippen LogP contribution in [0.5, 0.6) is 0 Å². The highest BCUT2D eigenvalue weighted by atomic mass is 79.9. The summed E-state index contributed by atoms with van der Waals surface area (Å²) in [6.45, 7) is 5.10. The van der Waals surface area contributed by atoms with E-state index in [0.717, 1.165) is 42.9 Å². The molecule has 0 amide bonds. The quantitative estimate of drug-likeness (QED) is 0.810. The Kier molecular flexibility index (Phi) is 5.67. The molecule has 0 aliphatic heterocycles. The van der Waals surface area contributed by atoms with E-state index in [1.54, 1.807) is 6.07 Å². The average Bonchev–Trinajstić information content (AvgIpc) is 2.45. The van der Waals surface area contributed by atoms with Crippen molar-refractivity contribution in [2.24, 2.45) is 0 Å². The van der Waals surface area contributed by atoms with Crippen LogP contribution in [0.1, 0.15) is 32.4 Å². The summed E-state index contributed by atoms with van der Waals surface area (Å²) in [7, 11) is 0. The van der Waals surface area contributed by atoms with Crippen molar-refractivity contribution in [3.05, 3.63) is 40.2 Å². The van der Waals surface area contributed by atoms with Crippen LogP contribution in [0.3, 0.4) is 0 Å². The molecule has 112 valence electrons. The predicted octanol–water partition coefficient (Wildman–Crippen LogP) is 4.82. The molecule has 1 aromatic carbocycles. The lowest BCUT2D eigenvalue weighted by Crippen LogP contribution is -2.06. The molecular weight excluding hydrogens is 333 g/mol. The first-order chi connectivity index (χ1) is 10.1. The minimum absolute atomic E-state index is 0.278. The van der Waals surface area contributed by atoms with Gasteiger partial charge in [-0.05, 0) is 47.0 Å². The van der Waals surface area contributed by atoms with Crippen LogP contribution in [-0.2, 0) is 6.42 Å². The molecule has 0 radical (unpaired) electrons. The van der Waals surface area contributed by atoms with E-state index in [9.17, 15) is 4.39 Å². The molecule has 0 saturated heterocycles. The fraction of sp³-hybridized carbons (Fsp3) is 0.375. The summed E-state index contributed by atoms with van der Waals surface area (Å²) >= 11 is 3.38. The van der Waals surface area contributed by atoms with Gasteiger partial charge in [0.2, 0.25) is 0 Å². The summed E-state index contributed by atoms with van der Waals surface area (Å²) in [5.41, 5.74) is 1.80. The second-order valence-electron chi connectivity index (χ2n) is 4.87. The minimum Gasteiger partial charge on any atom is -0.370 e. The van der Waals surface area contributed by atoms with Gasteiger partial charge in [-0.25, -0.2) is 14.4 Å². The molecule has 1 N–H and O–H groups in total. The summed E-state index contributed by atoms with van der Waals surface area (Å²) in [6, 6.07) is 6.55. The first-order valence-corrected chi connectivity index (χ1v) is 8.00. The van der Waals surface area contributed by atoms with Crippen molar-refractivity contribution in [2.75, 3.05) is 11.9 Å². The molecule has 1 heterocycles. The fourth-order valence-electron chi connectivity index (χ4n) is 2.02. The largest absolute Gasteiger partial charge is 0.370 e. The van der Waals surface area contributed by atoms with Crippen LogP contribution in [0.2, 0.25) is 0 Å². The molecule has 2 rings (SSSR count). The fourth-order valence-corrected chi connectivity index (χ4v) is 2.54. The van der Waals surface area contributed by atoms with Gasteiger partial charge in [0.1, 0.15) is 11.6 Å². The molecule has 0 saturated carbocycles. The van der Waals surface area contributed by atoms with Crippen LogP contribution < -0.4 is 5.32 Å². The number of hydrogen-bond acceptors (Lipinski definition) is 3. The highest BCUT2D eigenvalue weighted by Gasteiger charge is 2.10. The molecule has 1 aromatic heterocycles. The Labute approximate surface area is 133 Å². The van der Waals surface area contributed by atoms with Crippen molar-refractivity contribution >= 4 is 21.7 Å². The molecule has 0 bridgehead atoms. The van der Waals surface area contributed by atoms with E-state index in [2.05, 4.69) is 45.1 Å². The van der Waals surface area contributed by atoms with Gasteiger partial charge < -0.3 is 5.32 Å². The van der Waals surface area contributed by atoms with Crippen LogP contribution in [0.15, 0.2) is 28.7 Å². The number of anilines is 1. The van der Waals surface area contributed by atoms with Crippen molar-refractivity contribution in [1.82, 2.24) is 9.97 Å². The average molecular weight is 352 g/mol. The summed E-state index contributed by atoms with van der Waals surface area (Å²) < 4.78 is 13.9. The third-order valence-corrected chi connectivity index (χ3v) is 3.67. The number of halogens is 2. The van der Waals surface area contributed by atoms with E-state index in [4.69, 9.17) is 0 Å². The van der Waals surface area contributed by atoms with Gasteiger partial charge >= 0.3 is 0 Å². The van der Waals surface area contributed by atoms with E-state index < -0.39 is 0 Å². The van der Waals surface area contributed by atoms with Crippen molar-refractivity contribution in [3.63, 3.8) is 0 Å². The highest BCUT2D eigenvalue weighted by molar-refractivity contribution is 9.10. The zero-order valence-corrected chi connectivity index (χ0v) is 13.9. The van der Waals surface area contributed by atoms with E-state index in [1.165, 1.54) is 12.1 Å². The van der Waals surface area contributed by atoms with E-state index >= 15 is 0 Å². The molecular formula is C16H19BrFN3. The number of benzene rings is 1. The molecule has 0 fully saturated rings. The highest BCUT2D eigenvalue weighted by Crippen LogP contribution is 2.27. The second-order valence-corrected chi connectivity index (χ2v) is 5.72. The number of nitrogens with zero attached hydrogens (tertiary/aromatic N) is 2. The van der Waals surface area contributed by atoms with Gasteiger partial charge in [-0.1, -0.05) is 20.3 Å². The number of aryl methyl sites for hydroxylation is 1. The van der Waals surface area contributed by atoms with Crippen molar-refractivity contribution in [2.45, 2.75) is 33.1 Å². The van der Waals surface area contributed by atoms with Gasteiger partial charge in [-0.15, -0.1) is 0 Å². The summed E-state index contributed by atoms with van der Waals surface area (Å²) in [5, 5.41) is 3.29. The SMILES string of the molecule is CCCNc1cc(CCC)nc(-c2ccc(F)cc2Br)n1. The van der Waals surface area contributed by atoms with Gasteiger partial charge in [0.05, 0.1) is 0 Å². The van der Waals surface area contributed by atoms with Crippen molar-refractivity contribution in [3.8, 4) is 11.4 Å². The molecule has 0 spiro atoms. The van der Waals surface area contributed by atoms with Crippen LogP contribution in [0, 0.1) is 5.82 Å². The molecule has 3 nitrogen and oxygen atoms in total. The first kappa shape index (κ1) is 15.9. The minimum atomic E-state index is -0.278. The van der Waals surface area contributed by atoms with Crippen LogP contribution in [0.4, 0.5) is 10.2 Å². The lowest BCUT2D eigenvalue weighted by atomic mass is 10.2. The lowest BCUT2D eigenvalue weighted by Gasteiger charge is -2.10. The first-order valence-electron chi connectivity index (χ1n) is 7.21. The predicted molar refractivity (Wildman–Crippen MR) is 87.9 cm³/mol. The lowest BCUT2D eigenvalue weighted by molar-refractivity contribution is 0.627. The van der Waals surface area contributed by atoms with Crippen LogP contribution in [0.25, 0.3) is 11.4 Å². The monoisotopic (exact) mass is 351 g/mol. The van der Waals surface area contributed by atoms with Crippen molar-refractivity contribution in [1.29, 1.82) is 0 Å². The Morgan fingerprint density at radius 1 is 1.14 bits per heavy atom. The van der Waals surface area contributed by atoms with E-state index in [-0.39, 0.29) is 5.82 Å². The van der Waals surface area contributed by atoms with Crippen LogP contribution in [-0.4, -0.2) is 16.5 Å². The zero-order chi connectivity index (χ0) is 15.2. The molecule has 5 heteroatoms. The van der Waals surface area contributed by atoms with Crippen molar-refractivity contribution < 1.29 is 4.39 Å². The molecule has 0 aliphatic rings. The Morgan fingerprint density at radius 2 is 1.95 bits per heavy atom. The van der Waals surface area contributed by atoms with Gasteiger partial charge in [-0.3, -0.25) is 0 Å². The molecule has 0 atom stereocenters. The Bertz CT molecular complexity index is 616. The maximum absolute atomic E-state index is 13.2. The molecule has 21 heavy (non-hydrogen) atoms. The second kappa shape index (κ2) is 7.50. The van der Waals surface area contributed by atoms with Gasteiger partial charge in [-0.2, -0.15) is 0 Å². The van der Waals surface area contributed by atoms with E-state index in [1.807, 2.05) is 6.07 Å². The van der Waals surface area contributed by atoms with Crippen LogP contribution >= 0.6 is 15.9 Å². The molecule has 2 aromatic rings. The number of aromatic nitrogens is 2. The number of rotatable bonds is 6. The standard InChI is InChI=1S/C16H19BrFN3/c1-3-5-12-10-15(19-8-4-2)21-16(20-12)13-7-6-11(18)9-14(13)17/h6-7,9-10H,3-5,8H2,1-2H3,(H,19,20,21). The third kappa shape index (κ3) is 4.24. The third-order valence-electron chi connectivity index (χ3n) is 3.01. The summed E-state index contributed by atoms with van der Waals surface area (Å²) in [4.78, 5) is 9.13. The number of nitrogens with one attached hydrogen (secondary N) is 1. The molecule has 0 aliphatic carbocycles. The van der Waals surface area contributed by atoms with E-state index in [0.29, 0.717) is 10.3 Å². The maximum Gasteiger partial charge on any atom is 0.162 e. The van der Waals surface area contributed by atoms with Gasteiger partial charge in [0, 0.05) is 28.3 Å². The van der Waals surface area contributed by atoms with Gasteiger partial charge in [0.25, 0.3) is 0 Å². The summed E-state index contributed by atoms with van der Waals surface area (Å²) in [6.07, 6.45) is 2.95. The smallest absolute Gasteiger partial charge is 0.162 e.